The number of halogens is 2. The predicted octanol–water partition coefficient (Wildman–Crippen LogP) is 2.74. The van der Waals surface area contributed by atoms with Gasteiger partial charge < -0.3 is 25.4 Å². The Hall–Kier alpha value is -3.73. The van der Waals surface area contributed by atoms with Gasteiger partial charge in [0.1, 0.15) is 11.6 Å². The molecule has 10 heteroatoms. The second kappa shape index (κ2) is 13.3. The molecule has 0 aliphatic carbocycles. The highest BCUT2D eigenvalue weighted by atomic mass is 19.1. The number of pyridine rings is 1. The first kappa shape index (κ1) is 28.8. The Morgan fingerprint density at radius 3 is 2.59 bits per heavy atom. The number of likely N-dealkylation sites (tertiary alicyclic amines) is 1. The summed E-state index contributed by atoms with van der Waals surface area (Å²) in [4.78, 5) is 31.9. The van der Waals surface area contributed by atoms with Gasteiger partial charge in [0.2, 0.25) is 11.8 Å². The summed E-state index contributed by atoms with van der Waals surface area (Å²) in [6, 6.07) is 17.1. The lowest BCUT2D eigenvalue weighted by atomic mass is 9.94. The second-order valence-electron chi connectivity index (χ2n) is 10.8. The molecule has 2 aromatic carbocycles. The molecule has 0 radical (unpaired) electrons. The van der Waals surface area contributed by atoms with Crippen LogP contribution in [0.3, 0.4) is 0 Å². The van der Waals surface area contributed by atoms with Crippen molar-refractivity contribution in [3.8, 4) is 0 Å². The molecule has 3 heterocycles. The molecule has 2 saturated heterocycles. The van der Waals surface area contributed by atoms with Crippen LogP contribution < -0.4 is 10.6 Å². The second-order valence-corrected chi connectivity index (χ2v) is 10.8. The molecule has 3 aromatic rings. The quantitative estimate of drug-likeness (QED) is 0.331. The number of benzene rings is 2. The van der Waals surface area contributed by atoms with Gasteiger partial charge >= 0.3 is 0 Å². The molecule has 0 spiro atoms. The number of hydrogen-bond acceptors (Lipinski definition) is 6. The Kier molecular flexibility index (Phi) is 9.33. The van der Waals surface area contributed by atoms with E-state index in [9.17, 15) is 23.5 Å². The summed E-state index contributed by atoms with van der Waals surface area (Å²) in [5.74, 6) is -2.64. The summed E-state index contributed by atoms with van der Waals surface area (Å²) >= 11 is 0. The van der Waals surface area contributed by atoms with Crippen LogP contribution in [0.5, 0.6) is 0 Å². The summed E-state index contributed by atoms with van der Waals surface area (Å²) in [6.07, 6.45) is 0.969. The number of carbonyl (C=O) groups is 2. The molecular weight excluding hydrogens is 530 g/mol. The summed E-state index contributed by atoms with van der Waals surface area (Å²) < 4.78 is 34.0. The normalized spacial score (nSPS) is 22.1. The fraction of sp³-hybridized carbons (Fsp3) is 0.387. The van der Waals surface area contributed by atoms with E-state index in [0.29, 0.717) is 31.7 Å². The van der Waals surface area contributed by atoms with Crippen LogP contribution in [0.25, 0.3) is 0 Å². The van der Waals surface area contributed by atoms with Crippen molar-refractivity contribution in [2.75, 3.05) is 13.1 Å². The molecule has 2 aliphatic rings. The van der Waals surface area contributed by atoms with E-state index in [1.165, 1.54) is 12.1 Å². The summed E-state index contributed by atoms with van der Waals surface area (Å²) in [5, 5.41) is 17.6. The lowest BCUT2D eigenvalue weighted by Gasteiger charge is -2.29. The van der Waals surface area contributed by atoms with Gasteiger partial charge in [-0.2, -0.15) is 0 Å². The maximum Gasteiger partial charge on any atom is 0.225 e. The summed E-state index contributed by atoms with van der Waals surface area (Å²) in [7, 11) is 0. The molecule has 5 rings (SSSR count). The standard InChI is InChI=1S/C31H34F2N4O4/c32-23-10-21(11-24(33)14-23)12-28(30(39)27-15-26(16-35-27)41-19-20-6-2-1-3-7-20)36-31(40)22-13-29(38)37(17-22)18-25-8-4-5-9-34-25/h1-11,14,22,26-28,30,35,39H,12-13,15-19H2,(H,36,40)/t22?,26-,27-,28+,30-/m1/s1. The van der Waals surface area contributed by atoms with Crippen molar-refractivity contribution in [2.45, 2.75) is 56.7 Å². The Bertz CT molecular complexity index is 1310. The third kappa shape index (κ3) is 7.72. The Balaban J connectivity index is 1.24. The van der Waals surface area contributed by atoms with Gasteiger partial charge in [-0.15, -0.1) is 0 Å². The smallest absolute Gasteiger partial charge is 0.225 e. The van der Waals surface area contributed by atoms with E-state index in [4.69, 9.17) is 4.74 Å². The van der Waals surface area contributed by atoms with Crippen LogP contribution in [0, 0.1) is 17.6 Å². The highest BCUT2D eigenvalue weighted by Crippen LogP contribution is 2.23. The van der Waals surface area contributed by atoms with Gasteiger partial charge in [-0.05, 0) is 48.2 Å². The Morgan fingerprint density at radius 2 is 1.85 bits per heavy atom. The Morgan fingerprint density at radius 1 is 1.10 bits per heavy atom. The van der Waals surface area contributed by atoms with Crippen LogP contribution >= 0.6 is 0 Å². The minimum Gasteiger partial charge on any atom is -0.389 e. The molecule has 2 aliphatic heterocycles. The van der Waals surface area contributed by atoms with Gasteiger partial charge in [-0.3, -0.25) is 14.6 Å². The molecule has 1 aromatic heterocycles. The Labute approximate surface area is 237 Å². The average Bonchev–Trinajstić information content (AvgIpc) is 3.58. The topological polar surface area (TPSA) is 104 Å². The number of amides is 2. The fourth-order valence-electron chi connectivity index (χ4n) is 5.52. The van der Waals surface area contributed by atoms with E-state index >= 15 is 0 Å². The first-order valence-electron chi connectivity index (χ1n) is 13.8. The maximum atomic E-state index is 14.0. The van der Waals surface area contributed by atoms with Gasteiger partial charge in [0.25, 0.3) is 0 Å². The van der Waals surface area contributed by atoms with Gasteiger partial charge in [-0.1, -0.05) is 36.4 Å². The van der Waals surface area contributed by atoms with E-state index in [2.05, 4.69) is 15.6 Å². The zero-order chi connectivity index (χ0) is 28.8. The van der Waals surface area contributed by atoms with Crippen LogP contribution in [0.15, 0.2) is 72.9 Å². The van der Waals surface area contributed by atoms with E-state index in [-0.39, 0.29) is 31.4 Å². The van der Waals surface area contributed by atoms with E-state index < -0.39 is 41.6 Å². The molecule has 2 amide bonds. The molecule has 41 heavy (non-hydrogen) atoms. The van der Waals surface area contributed by atoms with Crippen LogP contribution in [-0.4, -0.2) is 64.2 Å². The number of ether oxygens (including phenoxy) is 1. The minimum atomic E-state index is -1.07. The molecule has 1 unspecified atom stereocenters. The monoisotopic (exact) mass is 564 g/mol. The molecule has 216 valence electrons. The number of nitrogens with zero attached hydrogens (tertiary/aromatic N) is 2. The van der Waals surface area contributed by atoms with Crippen molar-refractivity contribution in [2.24, 2.45) is 5.92 Å². The van der Waals surface area contributed by atoms with E-state index in [1.807, 2.05) is 42.5 Å². The van der Waals surface area contributed by atoms with Crippen molar-refractivity contribution >= 4 is 11.8 Å². The van der Waals surface area contributed by atoms with Gasteiger partial charge in [0, 0.05) is 37.8 Å². The number of aromatic nitrogens is 1. The summed E-state index contributed by atoms with van der Waals surface area (Å²) in [6.45, 7) is 1.47. The zero-order valence-electron chi connectivity index (χ0n) is 22.6. The lowest BCUT2D eigenvalue weighted by molar-refractivity contribution is -0.129. The SMILES string of the molecule is O=C(N[C@@H](Cc1cc(F)cc(F)c1)[C@H](O)[C@H]1C[C@@H](OCc2ccccc2)CN1)C1CC(=O)N(Cc2ccccn2)C1. The number of hydrogen-bond donors (Lipinski definition) is 3. The van der Waals surface area contributed by atoms with Gasteiger partial charge in [-0.25, -0.2) is 8.78 Å². The van der Waals surface area contributed by atoms with E-state index in [0.717, 1.165) is 17.3 Å². The number of nitrogens with one attached hydrogen (secondary N) is 2. The van der Waals surface area contributed by atoms with Crippen molar-refractivity contribution in [3.05, 3.63) is 101 Å². The molecule has 8 nitrogen and oxygen atoms in total. The number of aliphatic hydroxyl groups excluding tert-OH is 1. The molecule has 3 N–H and O–H groups in total. The average molecular weight is 565 g/mol. The van der Waals surface area contributed by atoms with Crippen molar-refractivity contribution in [3.63, 3.8) is 0 Å². The van der Waals surface area contributed by atoms with Crippen LogP contribution in [0.1, 0.15) is 29.7 Å². The number of carbonyl (C=O) groups excluding carboxylic acids is 2. The first-order chi connectivity index (χ1) is 19.8. The third-order valence-electron chi connectivity index (χ3n) is 7.65. The molecule has 0 bridgehead atoms. The zero-order valence-corrected chi connectivity index (χ0v) is 22.6. The number of rotatable bonds is 11. The largest absolute Gasteiger partial charge is 0.389 e. The fourth-order valence-corrected chi connectivity index (χ4v) is 5.52. The maximum absolute atomic E-state index is 14.0. The summed E-state index contributed by atoms with van der Waals surface area (Å²) in [5.41, 5.74) is 2.07. The van der Waals surface area contributed by atoms with Gasteiger partial charge in [0.05, 0.1) is 43.0 Å². The highest BCUT2D eigenvalue weighted by molar-refractivity contribution is 5.89. The predicted molar refractivity (Wildman–Crippen MR) is 147 cm³/mol. The van der Waals surface area contributed by atoms with Crippen LogP contribution in [-0.2, 0) is 33.9 Å². The van der Waals surface area contributed by atoms with Crippen molar-refractivity contribution < 1.29 is 28.2 Å². The molecule has 0 saturated carbocycles. The van der Waals surface area contributed by atoms with Gasteiger partial charge in [0.15, 0.2) is 0 Å². The third-order valence-corrected chi connectivity index (χ3v) is 7.65. The molecule has 5 atom stereocenters. The lowest BCUT2D eigenvalue weighted by Crippen LogP contribution is -2.53. The molecular formula is C31H34F2N4O4. The van der Waals surface area contributed by atoms with E-state index in [1.54, 1.807) is 17.2 Å². The van der Waals surface area contributed by atoms with Crippen LogP contribution in [0.2, 0.25) is 0 Å². The number of aliphatic hydroxyl groups is 1. The van der Waals surface area contributed by atoms with Crippen molar-refractivity contribution in [1.29, 1.82) is 0 Å². The van der Waals surface area contributed by atoms with Crippen LogP contribution in [0.4, 0.5) is 8.78 Å². The van der Waals surface area contributed by atoms with Crippen molar-refractivity contribution in [1.82, 2.24) is 20.5 Å². The highest BCUT2D eigenvalue weighted by Gasteiger charge is 2.39. The first-order valence-corrected chi connectivity index (χ1v) is 13.8. The molecule has 2 fully saturated rings. The minimum absolute atomic E-state index is 0.00756.